The van der Waals surface area contributed by atoms with Gasteiger partial charge in [-0.1, -0.05) is 26.7 Å². The van der Waals surface area contributed by atoms with Gasteiger partial charge in [-0.2, -0.15) is 0 Å². The standard InChI is InChI=1S/C14H28N2O2/c1-3-16-13(14(15)17)7-8-18-10-12-6-4-5-11(2)9-12/h11-13,16H,3-10H2,1-2H3,(H2,15,17). The minimum atomic E-state index is -0.285. The van der Waals surface area contributed by atoms with E-state index in [1.165, 1.54) is 25.7 Å². The number of nitrogens with one attached hydrogen (secondary N) is 1. The fourth-order valence-corrected chi connectivity index (χ4v) is 2.75. The van der Waals surface area contributed by atoms with Gasteiger partial charge in [-0.3, -0.25) is 4.79 Å². The number of rotatable bonds is 8. The Morgan fingerprint density at radius 2 is 2.28 bits per heavy atom. The van der Waals surface area contributed by atoms with Gasteiger partial charge in [0, 0.05) is 13.2 Å². The lowest BCUT2D eigenvalue weighted by Crippen LogP contribution is -2.42. The predicted octanol–water partition coefficient (Wildman–Crippen LogP) is 1.68. The quantitative estimate of drug-likeness (QED) is 0.649. The van der Waals surface area contributed by atoms with E-state index in [0.717, 1.165) is 19.1 Å². The highest BCUT2D eigenvalue weighted by Crippen LogP contribution is 2.28. The summed E-state index contributed by atoms with van der Waals surface area (Å²) in [6, 6.07) is -0.250. The number of carbonyl (C=O) groups excluding carboxylic acids is 1. The van der Waals surface area contributed by atoms with Crippen LogP contribution in [0.4, 0.5) is 0 Å². The minimum absolute atomic E-state index is 0.250. The van der Waals surface area contributed by atoms with Crippen LogP contribution in [0.15, 0.2) is 0 Å². The fraction of sp³-hybridized carbons (Fsp3) is 0.929. The number of likely N-dealkylation sites (N-methyl/N-ethyl adjacent to an activating group) is 1. The van der Waals surface area contributed by atoms with Crippen molar-refractivity contribution in [2.24, 2.45) is 17.6 Å². The molecule has 0 heterocycles. The van der Waals surface area contributed by atoms with Crippen molar-refractivity contribution in [1.29, 1.82) is 0 Å². The molecule has 3 unspecified atom stereocenters. The Kier molecular flexibility index (Phi) is 7.28. The second kappa shape index (κ2) is 8.48. The average Bonchev–Trinajstić information content (AvgIpc) is 2.33. The zero-order valence-electron chi connectivity index (χ0n) is 11.8. The van der Waals surface area contributed by atoms with Gasteiger partial charge in [0.2, 0.25) is 5.91 Å². The Labute approximate surface area is 111 Å². The lowest BCUT2D eigenvalue weighted by molar-refractivity contribution is -0.120. The maximum Gasteiger partial charge on any atom is 0.234 e. The lowest BCUT2D eigenvalue weighted by Gasteiger charge is -2.26. The molecule has 0 aliphatic heterocycles. The van der Waals surface area contributed by atoms with Gasteiger partial charge in [-0.25, -0.2) is 0 Å². The van der Waals surface area contributed by atoms with Crippen molar-refractivity contribution in [3.8, 4) is 0 Å². The van der Waals surface area contributed by atoms with Crippen molar-refractivity contribution >= 4 is 5.91 Å². The van der Waals surface area contributed by atoms with E-state index >= 15 is 0 Å². The molecule has 18 heavy (non-hydrogen) atoms. The molecule has 4 heteroatoms. The Balaban J connectivity index is 2.11. The number of hydrogen-bond acceptors (Lipinski definition) is 3. The van der Waals surface area contributed by atoms with Gasteiger partial charge in [0.1, 0.15) is 0 Å². The van der Waals surface area contributed by atoms with Crippen LogP contribution < -0.4 is 11.1 Å². The molecule has 0 radical (unpaired) electrons. The molecule has 1 aliphatic rings. The van der Waals surface area contributed by atoms with E-state index in [-0.39, 0.29) is 11.9 Å². The van der Waals surface area contributed by atoms with Crippen LogP contribution in [0.3, 0.4) is 0 Å². The van der Waals surface area contributed by atoms with Gasteiger partial charge < -0.3 is 15.8 Å². The lowest BCUT2D eigenvalue weighted by atomic mass is 9.83. The van der Waals surface area contributed by atoms with Crippen LogP contribution in [0.25, 0.3) is 0 Å². The molecule has 106 valence electrons. The average molecular weight is 256 g/mol. The van der Waals surface area contributed by atoms with Crippen LogP contribution in [0.2, 0.25) is 0 Å². The minimum Gasteiger partial charge on any atom is -0.381 e. The highest BCUT2D eigenvalue weighted by Gasteiger charge is 2.19. The molecular weight excluding hydrogens is 228 g/mol. The molecule has 4 nitrogen and oxygen atoms in total. The first kappa shape index (κ1) is 15.4. The third-order valence-electron chi connectivity index (χ3n) is 3.74. The molecule has 0 aromatic heterocycles. The first-order valence-electron chi connectivity index (χ1n) is 7.24. The normalized spacial score (nSPS) is 25.9. The number of primary amides is 1. The molecule has 1 fully saturated rings. The van der Waals surface area contributed by atoms with Crippen molar-refractivity contribution in [2.45, 2.75) is 52.0 Å². The summed E-state index contributed by atoms with van der Waals surface area (Å²) in [4.78, 5) is 11.1. The summed E-state index contributed by atoms with van der Waals surface area (Å²) in [5.74, 6) is 1.26. The summed E-state index contributed by atoms with van der Waals surface area (Å²) in [7, 11) is 0. The van der Waals surface area contributed by atoms with E-state index < -0.39 is 0 Å². The summed E-state index contributed by atoms with van der Waals surface area (Å²) in [5.41, 5.74) is 5.31. The fourth-order valence-electron chi connectivity index (χ4n) is 2.75. The molecule has 1 rings (SSSR count). The molecule has 0 aromatic rings. The van der Waals surface area contributed by atoms with Crippen molar-refractivity contribution < 1.29 is 9.53 Å². The van der Waals surface area contributed by atoms with E-state index in [2.05, 4.69) is 12.2 Å². The molecule has 0 spiro atoms. The highest BCUT2D eigenvalue weighted by atomic mass is 16.5. The first-order valence-corrected chi connectivity index (χ1v) is 7.24. The molecule has 1 aliphatic carbocycles. The predicted molar refractivity (Wildman–Crippen MR) is 73.2 cm³/mol. The van der Waals surface area contributed by atoms with Crippen LogP contribution in [0, 0.1) is 11.8 Å². The molecule has 1 amide bonds. The van der Waals surface area contributed by atoms with Gasteiger partial charge in [0.05, 0.1) is 6.04 Å². The molecule has 0 bridgehead atoms. The zero-order valence-corrected chi connectivity index (χ0v) is 11.8. The Morgan fingerprint density at radius 1 is 1.50 bits per heavy atom. The van der Waals surface area contributed by atoms with Crippen LogP contribution >= 0.6 is 0 Å². The monoisotopic (exact) mass is 256 g/mol. The molecule has 3 atom stereocenters. The topological polar surface area (TPSA) is 64.3 Å². The molecule has 3 N–H and O–H groups in total. The van der Waals surface area contributed by atoms with Crippen LogP contribution in [-0.4, -0.2) is 31.7 Å². The SMILES string of the molecule is CCNC(CCOCC1CCCC(C)C1)C(N)=O. The summed E-state index contributed by atoms with van der Waals surface area (Å²) >= 11 is 0. The Morgan fingerprint density at radius 3 is 2.89 bits per heavy atom. The van der Waals surface area contributed by atoms with E-state index in [1.807, 2.05) is 6.92 Å². The summed E-state index contributed by atoms with van der Waals surface area (Å²) in [6.07, 6.45) is 5.94. The molecule has 0 saturated heterocycles. The number of hydrogen-bond donors (Lipinski definition) is 2. The highest BCUT2D eigenvalue weighted by molar-refractivity contribution is 5.79. The summed E-state index contributed by atoms with van der Waals surface area (Å²) < 4.78 is 5.70. The number of carbonyl (C=O) groups is 1. The van der Waals surface area contributed by atoms with Gasteiger partial charge in [0.25, 0.3) is 0 Å². The van der Waals surface area contributed by atoms with Crippen molar-refractivity contribution in [3.63, 3.8) is 0 Å². The number of ether oxygens (including phenoxy) is 1. The number of nitrogens with two attached hydrogens (primary N) is 1. The van der Waals surface area contributed by atoms with Gasteiger partial charge in [0.15, 0.2) is 0 Å². The molecule has 1 saturated carbocycles. The Hall–Kier alpha value is -0.610. The smallest absolute Gasteiger partial charge is 0.234 e. The second-order valence-electron chi connectivity index (χ2n) is 5.51. The Bertz CT molecular complexity index is 246. The van der Waals surface area contributed by atoms with E-state index in [4.69, 9.17) is 10.5 Å². The van der Waals surface area contributed by atoms with Crippen molar-refractivity contribution in [3.05, 3.63) is 0 Å². The second-order valence-corrected chi connectivity index (χ2v) is 5.51. The molecular formula is C14H28N2O2. The van der Waals surface area contributed by atoms with Crippen molar-refractivity contribution in [1.82, 2.24) is 5.32 Å². The summed E-state index contributed by atoms with van der Waals surface area (Å²) in [6.45, 7) is 6.50. The number of amides is 1. The van der Waals surface area contributed by atoms with E-state index in [9.17, 15) is 4.79 Å². The molecule has 0 aromatic carbocycles. The van der Waals surface area contributed by atoms with Crippen LogP contribution in [-0.2, 0) is 9.53 Å². The van der Waals surface area contributed by atoms with Gasteiger partial charge >= 0.3 is 0 Å². The zero-order chi connectivity index (χ0) is 13.4. The maximum absolute atomic E-state index is 11.1. The van der Waals surface area contributed by atoms with Crippen LogP contribution in [0.1, 0.15) is 46.0 Å². The van der Waals surface area contributed by atoms with Gasteiger partial charge in [-0.15, -0.1) is 0 Å². The maximum atomic E-state index is 11.1. The van der Waals surface area contributed by atoms with Crippen molar-refractivity contribution in [2.75, 3.05) is 19.8 Å². The first-order chi connectivity index (χ1) is 8.63. The summed E-state index contributed by atoms with van der Waals surface area (Å²) in [5, 5.41) is 3.07. The largest absolute Gasteiger partial charge is 0.381 e. The third kappa shape index (κ3) is 5.83. The van der Waals surface area contributed by atoms with Gasteiger partial charge in [-0.05, 0) is 37.6 Å². The van der Waals surface area contributed by atoms with E-state index in [0.29, 0.717) is 18.9 Å². The third-order valence-corrected chi connectivity index (χ3v) is 3.74. The van der Waals surface area contributed by atoms with Crippen LogP contribution in [0.5, 0.6) is 0 Å². The van der Waals surface area contributed by atoms with E-state index in [1.54, 1.807) is 0 Å².